The van der Waals surface area contributed by atoms with Gasteiger partial charge in [-0.2, -0.15) is 0 Å². The molecule has 0 aliphatic carbocycles. The van der Waals surface area contributed by atoms with Gasteiger partial charge in [-0.25, -0.2) is 0 Å². The van der Waals surface area contributed by atoms with Gasteiger partial charge in [0.15, 0.2) is 18.1 Å². The van der Waals surface area contributed by atoms with Crippen LogP contribution in [-0.2, 0) is 23.2 Å². The number of methoxy groups -OCH3 is 2. The Kier molecular flexibility index (Phi) is 8.48. The molecule has 3 aromatic rings. The fourth-order valence-corrected chi connectivity index (χ4v) is 4.59. The summed E-state index contributed by atoms with van der Waals surface area (Å²) in [5.41, 5.74) is 4.57. The highest BCUT2D eigenvalue weighted by molar-refractivity contribution is 5.98. The number of carbonyl (C=O) groups is 2. The van der Waals surface area contributed by atoms with Crippen LogP contribution in [0.3, 0.4) is 0 Å². The molecule has 1 heterocycles. The lowest BCUT2D eigenvalue weighted by Crippen LogP contribution is -2.38. The second kappa shape index (κ2) is 11.8. The Balaban J connectivity index is 1.43. The van der Waals surface area contributed by atoms with Crippen LogP contribution >= 0.6 is 0 Å². The first-order valence-corrected chi connectivity index (χ1v) is 13.3. The van der Waals surface area contributed by atoms with Crippen LogP contribution in [0.5, 0.6) is 17.2 Å². The summed E-state index contributed by atoms with van der Waals surface area (Å²) in [5.74, 6) is 1.93. The summed E-state index contributed by atoms with van der Waals surface area (Å²) in [5, 5.41) is 0. The van der Waals surface area contributed by atoms with E-state index in [2.05, 4.69) is 32.9 Å². The predicted molar refractivity (Wildman–Crippen MR) is 153 cm³/mol. The number of ether oxygens (including phenoxy) is 3. The standard InChI is InChI=1S/C32H38N2O5/c1-7-32(2,3)25-13-15-27-26(19-25)34(30(35)21-39-27)20-23-8-11-24(12-9-23)31(36)33(4)17-16-22-10-14-28(37-5)29(18-22)38-6/h8-15,18-19H,7,16-17,20-21H2,1-6H3. The van der Waals surface area contributed by atoms with Crippen LogP contribution in [0, 0.1) is 0 Å². The Labute approximate surface area is 231 Å². The molecule has 0 unspecified atom stereocenters. The van der Waals surface area contributed by atoms with Crippen molar-refractivity contribution >= 4 is 17.5 Å². The first-order chi connectivity index (χ1) is 18.7. The molecule has 7 heteroatoms. The van der Waals surface area contributed by atoms with E-state index >= 15 is 0 Å². The molecule has 0 aromatic heterocycles. The van der Waals surface area contributed by atoms with Crippen molar-refractivity contribution in [3.63, 3.8) is 0 Å². The second-order valence-corrected chi connectivity index (χ2v) is 10.6. The Morgan fingerprint density at radius 1 is 0.974 bits per heavy atom. The maximum atomic E-state index is 13.1. The maximum absolute atomic E-state index is 13.1. The van der Waals surface area contributed by atoms with E-state index in [0.717, 1.165) is 23.2 Å². The number of hydrogen-bond acceptors (Lipinski definition) is 5. The number of hydrogen-bond donors (Lipinski definition) is 0. The molecule has 4 rings (SSSR count). The SMILES string of the molecule is CCC(C)(C)c1ccc2c(c1)N(Cc1ccc(C(=O)N(C)CCc3ccc(OC)c(OC)c3)cc1)C(=O)CO2. The molecule has 7 nitrogen and oxygen atoms in total. The Hall–Kier alpha value is -4.00. The highest BCUT2D eigenvalue weighted by Crippen LogP contribution is 2.38. The van der Waals surface area contributed by atoms with E-state index in [1.54, 1.807) is 31.1 Å². The van der Waals surface area contributed by atoms with Gasteiger partial charge in [-0.1, -0.05) is 45.0 Å². The predicted octanol–water partition coefficient (Wildman–Crippen LogP) is 5.63. The molecule has 0 saturated carbocycles. The van der Waals surface area contributed by atoms with Crippen molar-refractivity contribution < 1.29 is 23.8 Å². The number of rotatable bonds is 10. The van der Waals surface area contributed by atoms with E-state index in [0.29, 0.717) is 42.3 Å². The zero-order valence-corrected chi connectivity index (χ0v) is 23.7. The van der Waals surface area contributed by atoms with Gasteiger partial charge in [0.2, 0.25) is 0 Å². The Morgan fingerprint density at radius 3 is 2.33 bits per heavy atom. The second-order valence-electron chi connectivity index (χ2n) is 10.6. The van der Waals surface area contributed by atoms with Gasteiger partial charge in [-0.15, -0.1) is 0 Å². The van der Waals surface area contributed by atoms with Gasteiger partial charge in [-0.05, 0) is 71.3 Å². The van der Waals surface area contributed by atoms with Gasteiger partial charge >= 0.3 is 0 Å². The molecule has 2 amide bonds. The molecule has 0 radical (unpaired) electrons. The average Bonchev–Trinajstić information content (AvgIpc) is 2.96. The van der Waals surface area contributed by atoms with Crippen LogP contribution in [0.2, 0.25) is 0 Å². The number of anilines is 1. The Bertz CT molecular complexity index is 1330. The van der Waals surface area contributed by atoms with Crippen molar-refractivity contribution in [2.75, 3.05) is 39.3 Å². The van der Waals surface area contributed by atoms with Crippen molar-refractivity contribution in [1.82, 2.24) is 4.90 Å². The molecule has 1 aliphatic heterocycles. The topological polar surface area (TPSA) is 68.3 Å². The third-order valence-corrected chi connectivity index (χ3v) is 7.64. The molecular weight excluding hydrogens is 492 g/mol. The van der Waals surface area contributed by atoms with Gasteiger partial charge < -0.3 is 24.0 Å². The number of fused-ring (bicyclic) bond motifs is 1. The quantitative estimate of drug-likeness (QED) is 0.340. The van der Waals surface area contributed by atoms with Crippen molar-refractivity contribution in [2.45, 2.75) is 45.6 Å². The van der Waals surface area contributed by atoms with Gasteiger partial charge in [0.05, 0.1) is 26.5 Å². The van der Waals surface area contributed by atoms with E-state index in [9.17, 15) is 9.59 Å². The third kappa shape index (κ3) is 6.19. The minimum atomic E-state index is -0.0796. The third-order valence-electron chi connectivity index (χ3n) is 7.64. The summed E-state index contributed by atoms with van der Waals surface area (Å²) < 4.78 is 16.4. The zero-order valence-electron chi connectivity index (χ0n) is 23.7. The number of carbonyl (C=O) groups excluding carboxylic acids is 2. The molecule has 1 aliphatic rings. The highest BCUT2D eigenvalue weighted by Gasteiger charge is 2.28. The smallest absolute Gasteiger partial charge is 0.265 e. The molecule has 0 N–H and O–H groups in total. The minimum Gasteiger partial charge on any atom is -0.493 e. The van der Waals surface area contributed by atoms with Crippen molar-refractivity contribution in [1.29, 1.82) is 0 Å². The molecule has 0 fully saturated rings. The molecule has 0 saturated heterocycles. The lowest BCUT2D eigenvalue weighted by Gasteiger charge is -2.32. The highest BCUT2D eigenvalue weighted by atomic mass is 16.5. The van der Waals surface area contributed by atoms with E-state index in [4.69, 9.17) is 14.2 Å². The van der Waals surface area contributed by atoms with Crippen LogP contribution in [0.25, 0.3) is 0 Å². The van der Waals surface area contributed by atoms with Crippen molar-refractivity contribution in [3.8, 4) is 17.2 Å². The Morgan fingerprint density at radius 2 is 1.67 bits per heavy atom. The molecule has 0 bridgehead atoms. The van der Waals surface area contributed by atoms with Crippen molar-refractivity contribution in [2.24, 2.45) is 0 Å². The van der Waals surface area contributed by atoms with Gasteiger partial charge in [0, 0.05) is 19.2 Å². The van der Waals surface area contributed by atoms with Crippen LogP contribution in [-0.4, -0.2) is 51.1 Å². The molecule has 39 heavy (non-hydrogen) atoms. The molecular formula is C32H38N2O5. The summed E-state index contributed by atoms with van der Waals surface area (Å²) in [4.78, 5) is 29.4. The van der Waals surface area contributed by atoms with Gasteiger partial charge in [0.25, 0.3) is 11.8 Å². The van der Waals surface area contributed by atoms with E-state index in [1.165, 1.54) is 5.56 Å². The first kappa shape index (κ1) is 28.0. The molecule has 0 atom stereocenters. The number of amides is 2. The lowest BCUT2D eigenvalue weighted by molar-refractivity contribution is -0.121. The fraction of sp³-hybridized carbons (Fsp3) is 0.375. The van der Waals surface area contributed by atoms with E-state index in [1.807, 2.05) is 48.5 Å². The molecule has 206 valence electrons. The number of likely N-dealkylation sites (N-methyl/N-ethyl adjacent to an activating group) is 1. The summed E-state index contributed by atoms with van der Waals surface area (Å²) in [6, 6.07) is 19.4. The minimum absolute atomic E-state index is 0.00528. The van der Waals surface area contributed by atoms with Crippen molar-refractivity contribution in [3.05, 3.63) is 82.9 Å². The van der Waals surface area contributed by atoms with Crippen LogP contribution in [0.15, 0.2) is 60.7 Å². The number of nitrogens with zero attached hydrogens (tertiary/aromatic N) is 2. The monoisotopic (exact) mass is 530 g/mol. The van der Waals surface area contributed by atoms with Crippen LogP contribution < -0.4 is 19.1 Å². The summed E-state index contributed by atoms with van der Waals surface area (Å²) in [6.07, 6.45) is 1.68. The summed E-state index contributed by atoms with van der Waals surface area (Å²) >= 11 is 0. The zero-order chi connectivity index (χ0) is 28.2. The summed E-state index contributed by atoms with van der Waals surface area (Å²) in [6.45, 7) is 7.55. The number of benzene rings is 3. The lowest BCUT2D eigenvalue weighted by atomic mass is 9.82. The molecule has 3 aromatic carbocycles. The average molecular weight is 531 g/mol. The van der Waals surface area contributed by atoms with Gasteiger partial charge in [-0.3, -0.25) is 9.59 Å². The first-order valence-electron chi connectivity index (χ1n) is 13.3. The van der Waals surface area contributed by atoms with Crippen LogP contribution in [0.4, 0.5) is 5.69 Å². The largest absolute Gasteiger partial charge is 0.493 e. The van der Waals surface area contributed by atoms with Crippen LogP contribution in [0.1, 0.15) is 54.2 Å². The van der Waals surface area contributed by atoms with E-state index < -0.39 is 0 Å². The van der Waals surface area contributed by atoms with Gasteiger partial charge in [0.1, 0.15) is 5.75 Å². The van der Waals surface area contributed by atoms with E-state index in [-0.39, 0.29) is 23.8 Å². The fourth-order valence-electron chi connectivity index (χ4n) is 4.59. The normalized spacial score (nSPS) is 13.0. The molecule has 0 spiro atoms. The summed E-state index contributed by atoms with van der Waals surface area (Å²) in [7, 11) is 5.02. The maximum Gasteiger partial charge on any atom is 0.265 e.